The van der Waals surface area contributed by atoms with Crippen LogP contribution in [0.15, 0.2) is 21.7 Å². The van der Waals surface area contributed by atoms with Crippen LogP contribution in [0.5, 0.6) is 0 Å². The van der Waals surface area contributed by atoms with E-state index in [1.165, 1.54) is 13.0 Å². The molecule has 0 radical (unpaired) electrons. The molecule has 1 amide bonds. The second kappa shape index (κ2) is 7.53. The lowest BCUT2D eigenvalue weighted by Gasteiger charge is -2.17. The molecule has 1 heterocycles. The van der Waals surface area contributed by atoms with Crippen LogP contribution in [0.3, 0.4) is 0 Å². The summed E-state index contributed by atoms with van der Waals surface area (Å²) in [5.74, 6) is -1.43. The summed E-state index contributed by atoms with van der Waals surface area (Å²) in [6.07, 6.45) is 0.224. The number of hydrogen-bond donors (Lipinski definition) is 3. The van der Waals surface area contributed by atoms with Crippen molar-refractivity contribution < 1.29 is 23.1 Å². The van der Waals surface area contributed by atoms with Gasteiger partial charge in [0, 0.05) is 12.5 Å². The van der Waals surface area contributed by atoms with Crippen molar-refractivity contribution in [3.63, 3.8) is 0 Å². The lowest BCUT2D eigenvalue weighted by molar-refractivity contribution is -0.137. The fourth-order valence-electron chi connectivity index (χ4n) is 1.54. The molecule has 2 unspecified atom stereocenters. The topological polar surface area (TPSA) is 113 Å². The summed E-state index contributed by atoms with van der Waals surface area (Å²) in [6.45, 7) is 3.10. The van der Waals surface area contributed by atoms with Crippen molar-refractivity contribution in [2.75, 3.05) is 0 Å². The van der Waals surface area contributed by atoms with E-state index in [1.807, 2.05) is 0 Å². The van der Waals surface area contributed by atoms with E-state index in [2.05, 4.69) is 10.0 Å². The zero-order chi connectivity index (χ0) is 16.0. The molecule has 7 nitrogen and oxygen atoms in total. The summed E-state index contributed by atoms with van der Waals surface area (Å²) in [5.41, 5.74) is 0. The van der Waals surface area contributed by atoms with Crippen molar-refractivity contribution in [2.45, 2.75) is 43.0 Å². The van der Waals surface area contributed by atoms with Crippen molar-refractivity contribution >= 4 is 33.2 Å². The van der Waals surface area contributed by atoms with Gasteiger partial charge in [-0.2, -0.15) is 4.72 Å². The van der Waals surface area contributed by atoms with Gasteiger partial charge in [0.1, 0.15) is 4.21 Å². The normalized spacial score (nSPS) is 14.4. The van der Waals surface area contributed by atoms with Gasteiger partial charge in [0.05, 0.1) is 6.04 Å². The number of thiophene rings is 1. The fraction of sp³-hybridized carbons (Fsp3) is 0.500. The van der Waals surface area contributed by atoms with Crippen LogP contribution in [-0.4, -0.2) is 37.5 Å². The molecular formula is C12H18N2O5S2. The van der Waals surface area contributed by atoms with Gasteiger partial charge in [0.15, 0.2) is 0 Å². The molecule has 0 fully saturated rings. The maximum absolute atomic E-state index is 12.0. The highest BCUT2D eigenvalue weighted by Crippen LogP contribution is 2.15. The monoisotopic (exact) mass is 334 g/mol. The summed E-state index contributed by atoms with van der Waals surface area (Å²) >= 11 is 1.06. The number of sulfonamides is 1. The molecule has 0 saturated heterocycles. The lowest BCUT2D eigenvalue weighted by atomic mass is 10.2. The van der Waals surface area contributed by atoms with Gasteiger partial charge in [0.2, 0.25) is 5.91 Å². The van der Waals surface area contributed by atoms with E-state index in [9.17, 15) is 18.0 Å². The van der Waals surface area contributed by atoms with Gasteiger partial charge in [-0.15, -0.1) is 11.3 Å². The first-order chi connectivity index (χ1) is 9.72. The van der Waals surface area contributed by atoms with E-state index < -0.39 is 27.9 Å². The van der Waals surface area contributed by atoms with Crippen LogP contribution in [0.2, 0.25) is 0 Å². The van der Waals surface area contributed by atoms with E-state index in [1.54, 1.807) is 18.4 Å². The largest absolute Gasteiger partial charge is 0.481 e. The molecule has 0 spiro atoms. The molecule has 1 rings (SSSR count). The lowest BCUT2D eigenvalue weighted by Crippen LogP contribution is -2.47. The Bertz CT molecular complexity index is 583. The highest BCUT2D eigenvalue weighted by atomic mass is 32.2. The van der Waals surface area contributed by atoms with E-state index in [0.29, 0.717) is 0 Å². The standard InChI is InChI=1S/C12H18N2O5S2/c1-8(5-6-10(15)16)13-12(17)9(2)14-21(18,19)11-4-3-7-20-11/h3-4,7-9,14H,5-6H2,1-2H3,(H,13,17)(H,15,16). The predicted octanol–water partition coefficient (Wildman–Crippen LogP) is 0.784. The smallest absolute Gasteiger partial charge is 0.303 e. The number of amides is 1. The third-order valence-electron chi connectivity index (χ3n) is 2.67. The molecule has 3 N–H and O–H groups in total. The predicted molar refractivity (Wildman–Crippen MR) is 78.6 cm³/mol. The molecule has 0 bridgehead atoms. The average molecular weight is 334 g/mol. The van der Waals surface area contributed by atoms with Gasteiger partial charge in [0.25, 0.3) is 10.0 Å². The molecule has 0 aromatic carbocycles. The Kier molecular flexibility index (Phi) is 6.31. The van der Waals surface area contributed by atoms with Crippen molar-refractivity contribution in [1.82, 2.24) is 10.0 Å². The fourth-order valence-corrected chi connectivity index (χ4v) is 3.75. The van der Waals surface area contributed by atoms with Crippen LogP contribution < -0.4 is 10.0 Å². The van der Waals surface area contributed by atoms with Gasteiger partial charge in [-0.3, -0.25) is 9.59 Å². The number of aliphatic carboxylic acids is 1. The van der Waals surface area contributed by atoms with E-state index in [0.717, 1.165) is 11.3 Å². The summed E-state index contributed by atoms with van der Waals surface area (Å²) in [6, 6.07) is 1.78. The number of carbonyl (C=O) groups excluding carboxylic acids is 1. The number of carboxylic acids is 1. The molecule has 2 atom stereocenters. The molecule has 9 heteroatoms. The first-order valence-electron chi connectivity index (χ1n) is 6.30. The molecule has 1 aromatic rings. The molecule has 0 aliphatic rings. The Balaban J connectivity index is 2.53. The minimum absolute atomic E-state index is 0.0588. The summed E-state index contributed by atoms with van der Waals surface area (Å²) < 4.78 is 26.3. The van der Waals surface area contributed by atoms with Crippen molar-refractivity contribution in [2.24, 2.45) is 0 Å². The van der Waals surface area contributed by atoms with Crippen LogP contribution in [-0.2, 0) is 19.6 Å². The van der Waals surface area contributed by atoms with Gasteiger partial charge >= 0.3 is 5.97 Å². The summed E-state index contributed by atoms with van der Waals surface area (Å²) in [7, 11) is -3.71. The zero-order valence-electron chi connectivity index (χ0n) is 11.7. The maximum Gasteiger partial charge on any atom is 0.303 e. The Morgan fingerprint density at radius 1 is 1.38 bits per heavy atom. The van der Waals surface area contributed by atoms with Gasteiger partial charge in [-0.1, -0.05) is 6.07 Å². The Morgan fingerprint density at radius 3 is 2.57 bits per heavy atom. The molecular weight excluding hydrogens is 316 g/mol. The maximum atomic E-state index is 12.0. The first kappa shape index (κ1) is 17.6. The number of carbonyl (C=O) groups is 2. The Hall–Kier alpha value is -1.45. The number of carboxylic acid groups (broad SMARTS) is 1. The highest BCUT2D eigenvalue weighted by Gasteiger charge is 2.23. The third kappa shape index (κ3) is 5.82. The number of nitrogens with one attached hydrogen (secondary N) is 2. The average Bonchev–Trinajstić information content (AvgIpc) is 2.90. The Morgan fingerprint density at radius 2 is 2.05 bits per heavy atom. The minimum atomic E-state index is -3.71. The summed E-state index contributed by atoms with van der Waals surface area (Å²) in [5, 5.41) is 12.8. The SMILES string of the molecule is CC(CCC(=O)O)NC(=O)C(C)NS(=O)(=O)c1cccs1. The molecule has 21 heavy (non-hydrogen) atoms. The Labute approximate surface area is 127 Å². The highest BCUT2D eigenvalue weighted by molar-refractivity contribution is 7.91. The van der Waals surface area contributed by atoms with Gasteiger partial charge in [-0.25, -0.2) is 8.42 Å². The molecule has 0 saturated carbocycles. The number of hydrogen-bond acceptors (Lipinski definition) is 5. The van der Waals surface area contributed by atoms with Crippen LogP contribution >= 0.6 is 11.3 Å². The molecule has 0 aliphatic heterocycles. The number of rotatable bonds is 8. The summed E-state index contributed by atoms with van der Waals surface area (Å²) in [4.78, 5) is 22.3. The van der Waals surface area contributed by atoms with Crippen molar-refractivity contribution in [3.05, 3.63) is 17.5 Å². The van der Waals surface area contributed by atoms with Crippen LogP contribution in [0, 0.1) is 0 Å². The van der Waals surface area contributed by atoms with Gasteiger partial charge in [-0.05, 0) is 31.7 Å². The van der Waals surface area contributed by atoms with E-state index in [4.69, 9.17) is 5.11 Å². The third-order valence-corrected chi connectivity index (χ3v) is 5.60. The zero-order valence-corrected chi connectivity index (χ0v) is 13.3. The van der Waals surface area contributed by atoms with Crippen molar-refractivity contribution in [1.29, 1.82) is 0 Å². The van der Waals surface area contributed by atoms with E-state index in [-0.39, 0.29) is 23.1 Å². The van der Waals surface area contributed by atoms with Crippen LogP contribution in [0.4, 0.5) is 0 Å². The van der Waals surface area contributed by atoms with Crippen LogP contribution in [0.25, 0.3) is 0 Å². The van der Waals surface area contributed by atoms with Crippen molar-refractivity contribution in [3.8, 4) is 0 Å². The van der Waals surface area contributed by atoms with Crippen LogP contribution in [0.1, 0.15) is 26.7 Å². The second-order valence-corrected chi connectivity index (χ2v) is 7.51. The molecule has 118 valence electrons. The van der Waals surface area contributed by atoms with Gasteiger partial charge < -0.3 is 10.4 Å². The molecule has 1 aromatic heterocycles. The van der Waals surface area contributed by atoms with E-state index >= 15 is 0 Å². The second-order valence-electron chi connectivity index (χ2n) is 4.62. The molecule has 0 aliphatic carbocycles. The minimum Gasteiger partial charge on any atom is -0.481 e. The quantitative estimate of drug-likeness (QED) is 0.650. The first-order valence-corrected chi connectivity index (χ1v) is 8.66.